The summed E-state index contributed by atoms with van der Waals surface area (Å²) in [4.78, 5) is 6.01. The molecule has 0 spiro atoms. The molecule has 0 saturated carbocycles. The van der Waals surface area contributed by atoms with Gasteiger partial charge in [0, 0.05) is 52.4 Å². The highest BCUT2D eigenvalue weighted by Gasteiger charge is 2.07. The lowest BCUT2D eigenvalue weighted by molar-refractivity contribution is 0.236. The fraction of sp³-hybridized carbons (Fsp3) is 0.867. The predicted octanol–water partition coefficient (Wildman–Crippen LogP) is 0.331. The van der Waals surface area contributed by atoms with Crippen LogP contribution in [-0.2, 0) is 0 Å². The zero-order valence-corrected chi connectivity index (χ0v) is 13.9. The quantitative estimate of drug-likeness (QED) is 0.692. The van der Waals surface area contributed by atoms with Gasteiger partial charge in [0.1, 0.15) is 0 Å². The summed E-state index contributed by atoms with van der Waals surface area (Å²) in [5, 5.41) is 13.0. The Morgan fingerprint density at radius 3 is 2.00 bits per heavy atom. The normalized spacial score (nSPS) is 18.6. The second-order valence-corrected chi connectivity index (χ2v) is 5.38. The number of hydrogen-bond acceptors (Lipinski definition) is 7. The van der Waals surface area contributed by atoms with Crippen LogP contribution in [-0.4, -0.2) is 73.9 Å². The lowest BCUT2D eigenvalue weighted by Crippen LogP contribution is -2.43. The van der Waals surface area contributed by atoms with Crippen molar-refractivity contribution in [2.45, 2.75) is 26.2 Å². The number of rotatable bonds is 4. The van der Waals surface area contributed by atoms with E-state index in [0.29, 0.717) is 0 Å². The summed E-state index contributed by atoms with van der Waals surface area (Å²) in [7, 11) is 0. The second-order valence-electron chi connectivity index (χ2n) is 5.38. The molecule has 2 aliphatic heterocycles. The van der Waals surface area contributed by atoms with Gasteiger partial charge in [0.2, 0.25) is 6.39 Å². The van der Waals surface area contributed by atoms with E-state index in [0.717, 1.165) is 26.2 Å². The van der Waals surface area contributed by atoms with E-state index in [2.05, 4.69) is 42.4 Å². The highest BCUT2D eigenvalue weighted by molar-refractivity contribution is 4.66. The Morgan fingerprint density at radius 1 is 0.955 bits per heavy atom. The van der Waals surface area contributed by atoms with Gasteiger partial charge < -0.3 is 25.4 Å². The van der Waals surface area contributed by atoms with Crippen molar-refractivity contribution in [2.24, 2.45) is 0 Å². The minimum Gasteiger partial charge on any atom is -0.343 e. The molecule has 3 rings (SSSR count). The standard InChI is InChI=1S/C9H20N2.C4H10N2.C2H2N2O/c1-2-3-4-7-11-8-5-10-6-9-11;1-2-6-4-3-5-1;1-3-2-5-4-1/h10H,2-9H2,1H3;5-6H,1-4H2;1-2H. The number of unbranched alkanes of at least 4 members (excludes halogenated alkanes) is 2. The molecule has 0 atom stereocenters. The Hall–Kier alpha value is -1.02. The Kier molecular flexibility index (Phi) is 12.9. The molecule has 2 aliphatic rings. The minimum atomic E-state index is 1.14. The first-order chi connectivity index (χ1) is 10.9. The van der Waals surface area contributed by atoms with Crippen LogP contribution in [0.4, 0.5) is 0 Å². The highest BCUT2D eigenvalue weighted by atomic mass is 16.5. The smallest absolute Gasteiger partial charge is 0.213 e. The average Bonchev–Trinajstić information content (AvgIpc) is 3.18. The van der Waals surface area contributed by atoms with Gasteiger partial charge in [-0.15, -0.1) is 0 Å². The van der Waals surface area contributed by atoms with Crippen LogP contribution in [0.1, 0.15) is 26.2 Å². The van der Waals surface area contributed by atoms with Gasteiger partial charge in [0.05, 0.1) is 0 Å². The van der Waals surface area contributed by atoms with Crippen molar-refractivity contribution in [2.75, 3.05) is 58.9 Å². The summed E-state index contributed by atoms with van der Waals surface area (Å²) in [5.74, 6) is 0. The highest BCUT2D eigenvalue weighted by Crippen LogP contribution is 1.98. The van der Waals surface area contributed by atoms with Crippen LogP contribution in [0.3, 0.4) is 0 Å². The maximum absolute atomic E-state index is 4.22. The molecule has 0 bridgehead atoms. The second kappa shape index (κ2) is 14.9. The van der Waals surface area contributed by atoms with Crippen molar-refractivity contribution in [3.8, 4) is 0 Å². The van der Waals surface area contributed by atoms with Crippen LogP contribution in [0.25, 0.3) is 0 Å². The number of piperazine rings is 2. The molecule has 2 fully saturated rings. The summed E-state index contributed by atoms with van der Waals surface area (Å²) in [5.41, 5.74) is 0. The maximum Gasteiger partial charge on any atom is 0.213 e. The van der Waals surface area contributed by atoms with E-state index in [1.807, 2.05) is 0 Å². The molecule has 3 heterocycles. The van der Waals surface area contributed by atoms with E-state index >= 15 is 0 Å². The minimum absolute atomic E-state index is 1.14. The first kappa shape index (κ1) is 19.0. The maximum atomic E-state index is 4.22. The summed E-state index contributed by atoms with van der Waals surface area (Å²) >= 11 is 0. The number of nitrogens with one attached hydrogen (secondary N) is 3. The Balaban J connectivity index is 0.000000184. The molecule has 0 aliphatic carbocycles. The van der Waals surface area contributed by atoms with Crippen molar-refractivity contribution < 1.29 is 4.52 Å². The molecule has 0 aromatic carbocycles. The fourth-order valence-corrected chi connectivity index (χ4v) is 2.26. The Morgan fingerprint density at radius 2 is 1.59 bits per heavy atom. The molecule has 22 heavy (non-hydrogen) atoms. The van der Waals surface area contributed by atoms with Crippen LogP contribution in [0.15, 0.2) is 17.2 Å². The van der Waals surface area contributed by atoms with Gasteiger partial charge in [0.25, 0.3) is 0 Å². The third kappa shape index (κ3) is 11.6. The van der Waals surface area contributed by atoms with Crippen molar-refractivity contribution in [3.05, 3.63) is 12.7 Å². The van der Waals surface area contributed by atoms with E-state index in [9.17, 15) is 0 Å². The molecule has 2 saturated heterocycles. The van der Waals surface area contributed by atoms with Gasteiger partial charge in [-0.1, -0.05) is 24.9 Å². The lowest BCUT2D eigenvalue weighted by atomic mass is 10.2. The summed E-state index contributed by atoms with van der Waals surface area (Å²) < 4.78 is 4.22. The topological polar surface area (TPSA) is 78.2 Å². The molecule has 1 aromatic rings. The van der Waals surface area contributed by atoms with Gasteiger partial charge in [-0.3, -0.25) is 0 Å². The molecular weight excluding hydrogens is 280 g/mol. The van der Waals surface area contributed by atoms with E-state index in [4.69, 9.17) is 0 Å². The van der Waals surface area contributed by atoms with Crippen LogP contribution >= 0.6 is 0 Å². The first-order valence-electron chi connectivity index (χ1n) is 8.47. The summed E-state index contributed by atoms with van der Waals surface area (Å²) in [6.07, 6.45) is 6.71. The van der Waals surface area contributed by atoms with Crippen molar-refractivity contribution in [3.63, 3.8) is 0 Å². The van der Waals surface area contributed by atoms with Gasteiger partial charge in [0.15, 0.2) is 6.33 Å². The first-order valence-corrected chi connectivity index (χ1v) is 8.47. The molecule has 1 aromatic heterocycles. The van der Waals surface area contributed by atoms with Gasteiger partial charge >= 0.3 is 0 Å². The van der Waals surface area contributed by atoms with Crippen LogP contribution in [0, 0.1) is 0 Å². The SMILES string of the molecule is C1CNCCN1.CCCCCN1CCNCC1.c1ncon1. The fourth-order valence-electron chi connectivity index (χ4n) is 2.26. The van der Waals surface area contributed by atoms with Crippen molar-refractivity contribution >= 4 is 0 Å². The molecular formula is C15H32N6O. The van der Waals surface area contributed by atoms with Crippen molar-refractivity contribution in [1.82, 2.24) is 31.0 Å². The third-order valence-corrected chi connectivity index (χ3v) is 3.53. The average molecular weight is 312 g/mol. The summed E-state index contributed by atoms with van der Waals surface area (Å²) in [6.45, 7) is 13.0. The Bertz CT molecular complexity index is 270. The number of hydrogen-bond donors (Lipinski definition) is 3. The van der Waals surface area contributed by atoms with Crippen LogP contribution in [0.5, 0.6) is 0 Å². The molecule has 0 unspecified atom stereocenters. The molecule has 7 nitrogen and oxygen atoms in total. The lowest BCUT2D eigenvalue weighted by Gasteiger charge is -2.26. The monoisotopic (exact) mass is 312 g/mol. The molecule has 128 valence electrons. The van der Waals surface area contributed by atoms with Crippen LogP contribution in [0.2, 0.25) is 0 Å². The zero-order valence-electron chi connectivity index (χ0n) is 13.9. The van der Waals surface area contributed by atoms with Gasteiger partial charge in [-0.05, 0) is 13.0 Å². The van der Waals surface area contributed by atoms with Gasteiger partial charge in [-0.25, -0.2) is 4.98 Å². The predicted molar refractivity (Wildman–Crippen MR) is 88.9 cm³/mol. The molecule has 3 N–H and O–H groups in total. The van der Waals surface area contributed by atoms with Crippen molar-refractivity contribution in [1.29, 1.82) is 0 Å². The number of nitrogens with zero attached hydrogens (tertiary/aromatic N) is 3. The summed E-state index contributed by atoms with van der Waals surface area (Å²) in [6, 6.07) is 0. The number of aromatic nitrogens is 2. The van der Waals surface area contributed by atoms with Crippen LogP contribution < -0.4 is 16.0 Å². The molecule has 0 amide bonds. The zero-order chi connectivity index (χ0) is 15.7. The third-order valence-electron chi connectivity index (χ3n) is 3.53. The van der Waals surface area contributed by atoms with E-state index in [1.165, 1.54) is 64.7 Å². The van der Waals surface area contributed by atoms with E-state index in [1.54, 1.807) is 0 Å². The Labute approximate surface area is 134 Å². The molecule has 7 heteroatoms. The van der Waals surface area contributed by atoms with E-state index in [-0.39, 0.29) is 0 Å². The van der Waals surface area contributed by atoms with Gasteiger partial charge in [-0.2, -0.15) is 0 Å². The van der Waals surface area contributed by atoms with E-state index < -0.39 is 0 Å². The largest absolute Gasteiger partial charge is 0.343 e. The molecule has 0 radical (unpaired) electrons.